The first-order chi connectivity index (χ1) is 33.4. The van der Waals surface area contributed by atoms with Crippen LogP contribution in [-0.4, -0.2) is 131 Å². The van der Waals surface area contributed by atoms with Crippen molar-refractivity contribution in [2.24, 2.45) is 0 Å². The van der Waals surface area contributed by atoms with Crippen molar-refractivity contribution in [2.45, 2.75) is 76.4 Å². The first-order valence-corrected chi connectivity index (χ1v) is 26.9. The van der Waals surface area contributed by atoms with E-state index in [0.29, 0.717) is 80.4 Å². The number of benzene rings is 3. The number of terminal acetylenes is 1. The minimum atomic E-state index is -2.79. The first kappa shape index (κ1) is 47.9. The summed E-state index contributed by atoms with van der Waals surface area (Å²) in [7, 11) is -1.14. The van der Waals surface area contributed by atoms with Crippen molar-refractivity contribution in [1.82, 2.24) is 40.0 Å². The lowest BCUT2D eigenvalue weighted by atomic mass is 9.95. The number of halogens is 1. The van der Waals surface area contributed by atoms with Crippen LogP contribution in [0.15, 0.2) is 61.1 Å². The van der Waals surface area contributed by atoms with E-state index in [-0.39, 0.29) is 18.2 Å². The van der Waals surface area contributed by atoms with Crippen LogP contribution in [0.5, 0.6) is 5.75 Å². The molecule has 1 unspecified atom stereocenters. The Morgan fingerprint density at radius 2 is 1.67 bits per heavy atom. The molecule has 4 aliphatic rings. The van der Waals surface area contributed by atoms with Crippen LogP contribution in [0.2, 0.25) is 5.02 Å². The van der Waals surface area contributed by atoms with Gasteiger partial charge in [0, 0.05) is 93.6 Å². The molecule has 3 N–H and O–H groups in total. The summed E-state index contributed by atoms with van der Waals surface area (Å²) >= 11 is 6.58. The highest BCUT2D eigenvalue weighted by atomic mass is 35.5. The SMILES string of the molecule is C#Cc1cc(CCCCCCN2CCN(C3CCN(c4ccc(Nc5ncc(Cl)c(Nc6ccc7nccnc7c6P(C)(C)=O)n5)c(OC)c4)CC3)CC2)c2c(c1)C(=O)N(C1CCC(=O)NC1=O)C2. The summed E-state index contributed by atoms with van der Waals surface area (Å²) in [4.78, 5) is 65.0. The Bertz CT molecular complexity index is 2850. The number of aryl methyl sites for hydroxylation is 1. The number of rotatable bonds is 16. The average molecular weight is 973 g/mol. The van der Waals surface area contributed by atoms with Crippen LogP contribution in [0.3, 0.4) is 0 Å². The maximum Gasteiger partial charge on any atom is 0.255 e. The minimum Gasteiger partial charge on any atom is -0.494 e. The molecule has 18 heteroatoms. The number of hydrogen-bond acceptors (Lipinski definition) is 14. The van der Waals surface area contributed by atoms with E-state index < -0.39 is 19.1 Å². The Morgan fingerprint density at radius 1 is 0.899 bits per heavy atom. The second kappa shape index (κ2) is 20.9. The van der Waals surface area contributed by atoms with Crippen LogP contribution >= 0.6 is 18.7 Å². The Morgan fingerprint density at radius 3 is 2.42 bits per heavy atom. The van der Waals surface area contributed by atoms with Gasteiger partial charge in [0.25, 0.3) is 5.91 Å². The van der Waals surface area contributed by atoms with E-state index in [4.69, 9.17) is 22.8 Å². The molecule has 16 nitrogen and oxygen atoms in total. The molecule has 3 amide bonds. The topological polar surface area (TPSA) is 178 Å². The molecule has 3 aromatic carbocycles. The highest BCUT2D eigenvalue weighted by molar-refractivity contribution is 7.71. The smallest absolute Gasteiger partial charge is 0.255 e. The monoisotopic (exact) mass is 971 g/mol. The number of unbranched alkanes of at least 4 members (excludes halogenated alkanes) is 3. The molecule has 3 saturated heterocycles. The van der Waals surface area contributed by atoms with Crippen molar-refractivity contribution in [2.75, 3.05) is 81.8 Å². The lowest BCUT2D eigenvalue weighted by molar-refractivity contribution is -0.136. The van der Waals surface area contributed by atoms with E-state index in [2.05, 4.69) is 68.6 Å². The summed E-state index contributed by atoms with van der Waals surface area (Å²) in [5.41, 5.74) is 6.95. The Labute approximate surface area is 408 Å². The molecule has 2 aromatic heterocycles. The molecule has 5 aromatic rings. The van der Waals surface area contributed by atoms with Crippen molar-refractivity contribution in [3.05, 3.63) is 88.3 Å². The molecule has 3 fully saturated rings. The minimum absolute atomic E-state index is 0.184. The third kappa shape index (κ3) is 10.7. The third-order valence-corrected chi connectivity index (χ3v) is 15.7. The molecular weight excluding hydrogens is 913 g/mol. The number of imide groups is 1. The zero-order chi connectivity index (χ0) is 48.2. The summed E-state index contributed by atoms with van der Waals surface area (Å²) in [5.74, 6) is 3.17. The number of ether oxygens (including phenoxy) is 1. The molecule has 0 spiro atoms. The summed E-state index contributed by atoms with van der Waals surface area (Å²) in [6, 6.07) is 13.5. The summed E-state index contributed by atoms with van der Waals surface area (Å²) in [6.45, 7) is 11.2. The maximum absolute atomic E-state index is 13.5. The predicted molar refractivity (Wildman–Crippen MR) is 271 cm³/mol. The van der Waals surface area contributed by atoms with Crippen LogP contribution in [0.4, 0.5) is 28.8 Å². The van der Waals surface area contributed by atoms with Gasteiger partial charge in [0.2, 0.25) is 17.8 Å². The van der Waals surface area contributed by atoms with Crippen LogP contribution in [-0.2, 0) is 27.1 Å². The molecule has 0 saturated carbocycles. The zero-order valence-corrected chi connectivity index (χ0v) is 41.1. The van der Waals surface area contributed by atoms with E-state index >= 15 is 0 Å². The Hall–Kier alpha value is -6.11. The van der Waals surface area contributed by atoms with Gasteiger partial charge in [0.15, 0.2) is 5.82 Å². The molecule has 360 valence electrons. The van der Waals surface area contributed by atoms with Crippen LogP contribution in [0, 0.1) is 12.3 Å². The van der Waals surface area contributed by atoms with Gasteiger partial charge in [-0.1, -0.05) is 30.4 Å². The molecule has 4 aliphatic heterocycles. The second-order valence-corrected chi connectivity index (χ2v) is 22.3. The van der Waals surface area contributed by atoms with E-state index in [1.165, 1.54) is 6.20 Å². The standard InChI is InChI=1S/C51H59ClN11O5P/c1-5-33-28-34(38-32-63(50(66)37(38)29-33)43-15-16-45(64)58-49(43)65)10-8-6-7-9-21-60-24-26-62(27-25-60)35-17-22-61(23-18-35)36-11-12-40(44(30-36)68-2)57-51-55-31-39(52)48(59-51)56-42-14-13-41-46(54-20-19-53-41)47(42)69(3,4)67/h1,11-14,19-20,28-31,35,43H,6-10,15-18,21-27,32H2,2-4H3,(H,58,64,65)(H2,55,56,57,59). The van der Waals surface area contributed by atoms with Crippen molar-refractivity contribution in [1.29, 1.82) is 0 Å². The third-order valence-electron chi connectivity index (χ3n) is 13.9. The maximum atomic E-state index is 13.5. The van der Waals surface area contributed by atoms with Crippen LogP contribution in [0.1, 0.15) is 78.4 Å². The normalized spacial score (nSPS) is 18.3. The second-order valence-electron chi connectivity index (χ2n) is 18.7. The van der Waals surface area contributed by atoms with E-state index in [0.717, 1.165) is 108 Å². The molecule has 69 heavy (non-hydrogen) atoms. The average Bonchev–Trinajstić information content (AvgIpc) is 3.68. The number of carbonyl (C=O) groups is 3. The largest absolute Gasteiger partial charge is 0.494 e. The summed E-state index contributed by atoms with van der Waals surface area (Å²) < 4.78 is 19.3. The van der Waals surface area contributed by atoms with Crippen LogP contribution in [0.25, 0.3) is 11.0 Å². The number of methoxy groups -OCH3 is 1. The van der Waals surface area contributed by atoms with Gasteiger partial charge in [0.1, 0.15) is 29.5 Å². The van der Waals surface area contributed by atoms with Gasteiger partial charge in [-0.15, -0.1) is 6.42 Å². The number of piperazine rings is 1. The fourth-order valence-electron chi connectivity index (χ4n) is 10.3. The molecule has 6 heterocycles. The van der Waals surface area contributed by atoms with E-state index in [1.54, 1.807) is 43.8 Å². The zero-order valence-electron chi connectivity index (χ0n) is 39.5. The predicted octanol–water partition coefficient (Wildman–Crippen LogP) is 6.95. The fraction of sp³-hybridized carbons (Fsp3) is 0.431. The summed E-state index contributed by atoms with van der Waals surface area (Å²) in [5, 5.41) is 9.85. The molecular formula is C51H59ClN11O5P. The van der Waals surface area contributed by atoms with E-state index in [1.807, 2.05) is 24.3 Å². The molecule has 0 aliphatic carbocycles. The summed E-state index contributed by atoms with van der Waals surface area (Å²) in [6.07, 6.45) is 18.5. The van der Waals surface area contributed by atoms with Gasteiger partial charge >= 0.3 is 0 Å². The van der Waals surface area contributed by atoms with Gasteiger partial charge in [0.05, 0.1) is 35.5 Å². The number of nitrogens with one attached hydrogen (secondary N) is 3. The van der Waals surface area contributed by atoms with Gasteiger partial charge < -0.3 is 34.6 Å². The highest BCUT2D eigenvalue weighted by Gasteiger charge is 2.40. The Balaban J connectivity index is 0.713. The molecule has 0 radical (unpaired) electrons. The van der Waals surface area contributed by atoms with Gasteiger partial charge in [-0.05, 0) is 106 Å². The van der Waals surface area contributed by atoms with Gasteiger partial charge in [-0.3, -0.25) is 34.6 Å². The number of nitrogens with zero attached hydrogens (tertiary/aromatic N) is 8. The molecule has 9 rings (SSSR count). The number of hydrogen-bond donors (Lipinski definition) is 3. The number of anilines is 5. The number of piperidine rings is 2. The first-order valence-electron chi connectivity index (χ1n) is 23.9. The molecule has 1 atom stereocenters. The quantitative estimate of drug-likeness (QED) is 0.0401. The highest BCUT2D eigenvalue weighted by Crippen LogP contribution is 2.42. The van der Waals surface area contributed by atoms with Crippen LogP contribution < -0.4 is 30.9 Å². The van der Waals surface area contributed by atoms with Crippen molar-refractivity contribution in [3.8, 4) is 18.1 Å². The van der Waals surface area contributed by atoms with Crippen molar-refractivity contribution < 1.29 is 23.7 Å². The van der Waals surface area contributed by atoms with Crippen molar-refractivity contribution >= 4 is 81.6 Å². The lowest BCUT2D eigenvalue weighted by Gasteiger charge is -2.43. The van der Waals surface area contributed by atoms with Crippen molar-refractivity contribution in [3.63, 3.8) is 0 Å². The number of aromatic nitrogens is 4. The molecule has 0 bridgehead atoms. The van der Waals surface area contributed by atoms with Gasteiger partial charge in [-0.2, -0.15) is 4.98 Å². The number of carbonyl (C=O) groups excluding carboxylic acids is 3. The lowest BCUT2D eigenvalue weighted by Crippen LogP contribution is -2.53. The number of fused-ring (bicyclic) bond motifs is 2. The fourth-order valence-corrected chi connectivity index (χ4v) is 11.8. The Kier molecular flexibility index (Phi) is 14.5. The van der Waals surface area contributed by atoms with Gasteiger partial charge in [-0.25, -0.2) is 4.98 Å². The number of amides is 3. The van der Waals surface area contributed by atoms with E-state index in [9.17, 15) is 18.9 Å².